The van der Waals surface area contributed by atoms with Crippen molar-refractivity contribution < 1.29 is 0 Å². The van der Waals surface area contributed by atoms with Crippen molar-refractivity contribution in [1.82, 2.24) is 4.98 Å². The Morgan fingerprint density at radius 3 is 2.04 bits per heavy atom. The lowest BCUT2D eigenvalue weighted by Crippen LogP contribution is -2.08. The van der Waals surface area contributed by atoms with E-state index in [2.05, 4.69) is 82.7 Å². The number of pyridine rings is 1. The van der Waals surface area contributed by atoms with Crippen molar-refractivity contribution in [1.29, 1.82) is 0 Å². The predicted molar refractivity (Wildman–Crippen MR) is 105 cm³/mol. The van der Waals surface area contributed by atoms with Gasteiger partial charge in [0.25, 0.3) is 0 Å². The summed E-state index contributed by atoms with van der Waals surface area (Å²) in [6.45, 7) is 2.03. The highest BCUT2D eigenvalue weighted by molar-refractivity contribution is 5.95. The van der Waals surface area contributed by atoms with E-state index in [1.807, 2.05) is 21.0 Å². The van der Waals surface area contributed by atoms with Gasteiger partial charge in [-0.2, -0.15) is 0 Å². The molecule has 0 saturated heterocycles. The lowest BCUT2D eigenvalue weighted by Gasteiger charge is -2.16. The second-order valence-electron chi connectivity index (χ2n) is 6.47. The number of fused-ring (bicyclic) bond motifs is 1. The van der Waals surface area contributed by atoms with E-state index >= 15 is 0 Å². The predicted octanol–water partition coefficient (Wildman–Crippen LogP) is 4.42. The summed E-state index contributed by atoms with van der Waals surface area (Å²) in [5, 5.41) is 4.67. The van der Waals surface area contributed by atoms with E-state index in [1.165, 1.54) is 11.4 Å². The van der Waals surface area contributed by atoms with Gasteiger partial charge in [-0.3, -0.25) is 4.98 Å². The zero-order valence-corrected chi connectivity index (χ0v) is 15.0. The third-order valence-electron chi connectivity index (χ3n) is 4.10. The van der Waals surface area contributed by atoms with Crippen LogP contribution in [0.3, 0.4) is 0 Å². The van der Waals surface area contributed by atoms with Gasteiger partial charge >= 0.3 is 0 Å². The summed E-state index contributed by atoms with van der Waals surface area (Å²) in [6.07, 6.45) is 0. The molecule has 3 aromatic rings. The first-order valence-corrected chi connectivity index (χ1v) is 8.07. The fourth-order valence-electron chi connectivity index (χ4n) is 2.73. The minimum atomic E-state index is 1.01. The molecule has 1 aromatic heterocycles. The molecule has 0 fully saturated rings. The van der Waals surface area contributed by atoms with E-state index in [1.54, 1.807) is 0 Å². The van der Waals surface area contributed by atoms with E-state index in [0.717, 1.165) is 28.0 Å². The Balaban J connectivity index is 2.02. The van der Waals surface area contributed by atoms with Gasteiger partial charge < -0.3 is 15.1 Å². The molecule has 0 saturated carbocycles. The zero-order chi connectivity index (χ0) is 17.3. The maximum atomic E-state index is 4.65. The summed E-state index contributed by atoms with van der Waals surface area (Å²) in [7, 11) is 8.20. The van der Waals surface area contributed by atoms with Crippen molar-refractivity contribution in [2.75, 3.05) is 43.3 Å². The van der Waals surface area contributed by atoms with Gasteiger partial charge in [-0.25, -0.2) is 0 Å². The van der Waals surface area contributed by atoms with Crippen LogP contribution in [0, 0.1) is 6.92 Å². The first kappa shape index (κ1) is 16.1. The van der Waals surface area contributed by atoms with Crippen LogP contribution in [0.1, 0.15) is 5.69 Å². The number of aromatic nitrogens is 1. The highest BCUT2D eigenvalue weighted by Crippen LogP contribution is 2.30. The molecule has 3 rings (SSSR count). The molecular formula is C20H24N4. The van der Waals surface area contributed by atoms with Crippen LogP contribution in [0.25, 0.3) is 10.9 Å². The van der Waals surface area contributed by atoms with Gasteiger partial charge in [0.05, 0.1) is 5.52 Å². The van der Waals surface area contributed by atoms with Crippen LogP contribution in [0.4, 0.5) is 22.7 Å². The van der Waals surface area contributed by atoms with Crippen molar-refractivity contribution in [2.24, 2.45) is 0 Å². The largest absolute Gasteiger partial charge is 0.378 e. The molecule has 0 spiro atoms. The van der Waals surface area contributed by atoms with Gasteiger partial charge in [0.1, 0.15) is 0 Å². The van der Waals surface area contributed by atoms with Crippen molar-refractivity contribution in [3.63, 3.8) is 0 Å². The third kappa shape index (κ3) is 3.27. The number of aryl methyl sites for hydroxylation is 1. The van der Waals surface area contributed by atoms with Gasteiger partial charge in [-0.1, -0.05) is 0 Å². The Labute approximate surface area is 143 Å². The summed E-state index contributed by atoms with van der Waals surface area (Å²) in [5.74, 6) is 0. The number of rotatable bonds is 4. The summed E-state index contributed by atoms with van der Waals surface area (Å²) in [5.41, 5.74) is 6.52. The summed E-state index contributed by atoms with van der Waals surface area (Å²) in [6, 6.07) is 16.9. The van der Waals surface area contributed by atoms with Crippen LogP contribution in [-0.4, -0.2) is 33.2 Å². The van der Waals surface area contributed by atoms with E-state index in [0.29, 0.717) is 0 Å². The number of nitrogens with zero attached hydrogens (tertiary/aromatic N) is 3. The average molecular weight is 320 g/mol. The van der Waals surface area contributed by atoms with E-state index in [4.69, 9.17) is 0 Å². The molecule has 0 radical (unpaired) electrons. The Bertz CT molecular complexity index is 851. The SMILES string of the molecule is Cc1cc(Nc2ccc(N(C)C)cc2)c2cc(N(C)C)ccc2n1. The lowest BCUT2D eigenvalue weighted by molar-refractivity contribution is 1.13. The standard InChI is InChI=1S/C20H24N4/c1-14-12-20(22-15-6-8-16(9-7-15)23(2)3)18-13-17(24(4)5)10-11-19(18)21-14/h6-13H,1-5H3,(H,21,22). The molecule has 1 N–H and O–H groups in total. The third-order valence-corrected chi connectivity index (χ3v) is 4.10. The van der Waals surface area contributed by atoms with Crippen molar-refractivity contribution in [3.8, 4) is 0 Å². The first-order valence-electron chi connectivity index (χ1n) is 8.07. The van der Waals surface area contributed by atoms with Crippen LogP contribution < -0.4 is 15.1 Å². The molecule has 0 amide bonds. The lowest BCUT2D eigenvalue weighted by atomic mass is 10.1. The second kappa shape index (κ2) is 6.40. The maximum absolute atomic E-state index is 4.65. The summed E-state index contributed by atoms with van der Waals surface area (Å²) < 4.78 is 0. The van der Waals surface area contributed by atoms with Crippen molar-refractivity contribution in [2.45, 2.75) is 6.92 Å². The molecular weight excluding hydrogens is 296 g/mol. The molecule has 0 atom stereocenters. The second-order valence-corrected chi connectivity index (χ2v) is 6.47. The highest BCUT2D eigenvalue weighted by atomic mass is 15.1. The van der Waals surface area contributed by atoms with Crippen LogP contribution in [0.5, 0.6) is 0 Å². The topological polar surface area (TPSA) is 31.4 Å². The molecule has 0 bridgehead atoms. The zero-order valence-electron chi connectivity index (χ0n) is 15.0. The van der Waals surface area contributed by atoms with E-state index in [9.17, 15) is 0 Å². The Morgan fingerprint density at radius 1 is 0.792 bits per heavy atom. The minimum Gasteiger partial charge on any atom is -0.378 e. The summed E-state index contributed by atoms with van der Waals surface area (Å²) in [4.78, 5) is 8.85. The smallest absolute Gasteiger partial charge is 0.0727 e. The van der Waals surface area contributed by atoms with E-state index in [-0.39, 0.29) is 0 Å². The Hall–Kier alpha value is -2.75. The quantitative estimate of drug-likeness (QED) is 0.771. The molecule has 4 heteroatoms. The average Bonchev–Trinajstić information content (AvgIpc) is 2.54. The van der Waals surface area contributed by atoms with Gasteiger partial charge in [0.2, 0.25) is 0 Å². The molecule has 4 nitrogen and oxygen atoms in total. The number of anilines is 4. The fraction of sp³-hybridized carbons (Fsp3) is 0.250. The van der Waals surface area contributed by atoms with Crippen LogP contribution in [-0.2, 0) is 0 Å². The molecule has 1 heterocycles. The Morgan fingerprint density at radius 2 is 1.42 bits per heavy atom. The van der Waals surface area contributed by atoms with Crippen LogP contribution in [0.2, 0.25) is 0 Å². The fourth-order valence-corrected chi connectivity index (χ4v) is 2.73. The van der Waals surface area contributed by atoms with E-state index < -0.39 is 0 Å². The minimum absolute atomic E-state index is 1.01. The van der Waals surface area contributed by atoms with Crippen molar-refractivity contribution >= 4 is 33.7 Å². The van der Waals surface area contributed by atoms with Gasteiger partial charge in [0, 0.05) is 62.0 Å². The van der Waals surface area contributed by atoms with Gasteiger partial charge in [0.15, 0.2) is 0 Å². The maximum Gasteiger partial charge on any atom is 0.0727 e. The van der Waals surface area contributed by atoms with Crippen molar-refractivity contribution in [3.05, 3.63) is 54.2 Å². The normalized spacial score (nSPS) is 10.7. The number of hydrogen-bond donors (Lipinski definition) is 1. The van der Waals surface area contributed by atoms with Crippen LogP contribution >= 0.6 is 0 Å². The molecule has 0 aliphatic rings. The van der Waals surface area contributed by atoms with Gasteiger partial charge in [-0.05, 0) is 55.5 Å². The number of benzene rings is 2. The highest BCUT2D eigenvalue weighted by Gasteiger charge is 2.07. The number of nitrogens with one attached hydrogen (secondary N) is 1. The molecule has 2 aromatic carbocycles. The van der Waals surface area contributed by atoms with Gasteiger partial charge in [-0.15, -0.1) is 0 Å². The molecule has 0 aliphatic carbocycles. The molecule has 0 aliphatic heterocycles. The molecule has 24 heavy (non-hydrogen) atoms. The summed E-state index contributed by atoms with van der Waals surface area (Å²) >= 11 is 0. The Kier molecular flexibility index (Phi) is 4.30. The molecule has 0 unspecified atom stereocenters. The molecule has 124 valence electrons. The number of hydrogen-bond acceptors (Lipinski definition) is 4. The monoisotopic (exact) mass is 320 g/mol. The van der Waals surface area contributed by atoms with Crippen LogP contribution in [0.15, 0.2) is 48.5 Å². The first-order chi connectivity index (χ1) is 11.4.